The van der Waals surface area contributed by atoms with Crippen molar-refractivity contribution in [3.8, 4) is 0 Å². The van der Waals surface area contributed by atoms with Crippen molar-refractivity contribution in [2.24, 2.45) is 5.73 Å². The second-order valence-electron chi connectivity index (χ2n) is 4.56. The number of amides is 3. The lowest BCUT2D eigenvalue weighted by Crippen LogP contribution is -2.39. The molecule has 0 aromatic carbocycles. The number of nitrogens with one attached hydrogen (secondary N) is 2. The summed E-state index contributed by atoms with van der Waals surface area (Å²) in [5, 5.41) is 4.93. The van der Waals surface area contributed by atoms with Crippen LogP contribution in [0.1, 0.15) is 27.7 Å². The Morgan fingerprint density at radius 1 is 1.22 bits per heavy atom. The number of rotatable bonds is 8. The van der Waals surface area contributed by atoms with E-state index in [2.05, 4.69) is 20.3 Å². The molecule has 0 bridgehead atoms. The van der Waals surface area contributed by atoms with E-state index in [1.807, 2.05) is 31.0 Å². The summed E-state index contributed by atoms with van der Waals surface area (Å²) in [6, 6.07) is -0.879. The quantitative estimate of drug-likeness (QED) is 0.593. The Hall–Kier alpha value is -2.10. The molecule has 1 aromatic heterocycles. The SMILES string of the molecule is CCNc1nc(SC(C)C(=O)NC(N)=O)nc(N(CC)CC)n1. The van der Waals surface area contributed by atoms with E-state index in [0.717, 1.165) is 24.9 Å². The molecule has 0 radical (unpaired) electrons. The van der Waals surface area contributed by atoms with Crippen molar-refractivity contribution < 1.29 is 9.59 Å². The monoisotopic (exact) mass is 341 g/mol. The first-order valence-corrected chi connectivity index (χ1v) is 8.31. The van der Waals surface area contributed by atoms with E-state index in [1.165, 1.54) is 0 Å². The zero-order valence-corrected chi connectivity index (χ0v) is 14.6. The van der Waals surface area contributed by atoms with E-state index in [-0.39, 0.29) is 0 Å². The van der Waals surface area contributed by atoms with Gasteiger partial charge in [-0.3, -0.25) is 10.1 Å². The molecule has 0 saturated heterocycles. The molecular weight excluding hydrogens is 318 g/mol. The molecule has 9 nitrogen and oxygen atoms in total. The third-order valence-electron chi connectivity index (χ3n) is 2.88. The Morgan fingerprint density at radius 3 is 2.39 bits per heavy atom. The lowest BCUT2D eigenvalue weighted by molar-refractivity contribution is -0.119. The van der Waals surface area contributed by atoms with Crippen molar-refractivity contribution in [2.75, 3.05) is 29.9 Å². The second kappa shape index (κ2) is 9.13. The van der Waals surface area contributed by atoms with Crippen molar-refractivity contribution in [1.82, 2.24) is 20.3 Å². The highest BCUT2D eigenvalue weighted by atomic mass is 32.2. The minimum absolute atomic E-state index is 0.407. The van der Waals surface area contributed by atoms with E-state index in [0.29, 0.717) is 23.6 Å². The van der Waals surface area contributed by atoms with Crippen LogP contribution in [0.5, 0.6) is 0 Å². The first-order chi connectivity index (χ1) is 10.9. The van der Waals surface area contributed by atoms with Gasteiger partial charge >= 0.3 is 6.03 Å². The van der Waals surface area contributed by atoms with Gasteiger partial charge in [-0.15, -0.1) is 0 Å². The number of nitrogens with two attached hydrogens (primary N) is 1. The van der Waals surface area contributed by atoms with Crippen molar-refractivity contribution in [2.45, 2.75) is 38.1 Å². The molecule has 10 heteroatoms. The van der Waals surface area contributed by atoms with Crippen LogP contribution >= 0.6 is 11.8 Å². The fourth-order valence-corrected chi connectivity index (χ4v) is 2.47. The van der Waals surface area contributed by atoms with Gasteiger partial charge in [0.1, 0.15) is 0 Å². The Bertz CT molecular complexity index is 551. The third kappa shape index (κ3) is 5.89. The van der Waals surface area contributed by atoms with E-state index >= 15 is 0 Å². The van der Waals surface area contributed by atoms with Crippen LogP contribution in [0, 0.1) is 0 Å². The number of thioether (sulfide) groups is 1. The van der Waals surface area contributed by atoms with Gasteiger partial charge in [-0.2, -0.15) is 15.0 Å². The van der Waals surface area contributed by atoms with E-state index in [9.17, 15) is 9.59 Å². The van der Waals surface area contributed by atoms with Gasteiger partial charge in [0.25, 0.3) is 0 Å². The summed E-state index contributed by atoms with van der Waals surface area (Å²) in [6.45, 7) is 9.80. The minimum atomic E-state index is -0.879. The number of carbonyl (C=O) groups is 2. The molecule has 0 fully saturated rings. The first kappa shape index (κ1) is 18.9. The normalized spacial score (nSPS) is 11.7. The zero-order valence-electron chi connectivity index (χ0n) is 13.8. The molecule has 128 valence electrons. The van der Waals surface area contributed by atoms with Gasteiger partial charge in [-0.25, -0.2) is 4.79 Å². The fourth-order valence-electron chi connectivity index (χ4n) is 1.72. The van der Waals surface area contributed by atoms with Crippen LogP contribution in [-0.2, 0) is 4.79 Å². The van der Waals surface area contributed by atoms with Gasteiger partial charge in [0.15, 0.2) is 5.16 Å². The molecule has 1 atom stereocenters. The van der Waals surface area contributed by atoms with Crippen molar-refractivity contribution in [3.05, 3.63) is 0 Å². The fraction of sp³-hybridized carbons (Fsp3) is 0.615. The number of hydrogen-bond donors (Lipinski definition) is 3. The number of nitrogens with zero attached hydrogens (tertiary/aromatic N) is 4. The molecule has 1 unspecified atom stereocenters. The molecule has 0 saturated carbocycles. The summed E-state index contributed by atoms with van der Waals surface area (Å²) in [5.74, 6) is 0.512. The topological polar surface area (TPSA) is 126 Å². The number of anilines is 2. The van der Waals surface area contributed by atoms with Crippen molar-refractivity contribution >= 4 is 35.6 Å². The predicted octanol–water partition coefficient (Wildman–Crippen LogP) is 0.825. The van der Waals surface area contributed by atoms with Crippen LogP contribution in [0.4, 0.5) is 16.7 Å². The summed E-state index contributed by atoms with van der Waals surface area (Å²) in [4.78, 5) is 37.5. The predicted molar refractivity (Wildman–Crippen MR) is 90.6 cm³/mol. The molecule has 0 aliphatic rings. The number of primary amides is 1. The summed E-state index contributed by atoms with van der Waals surface area (Å²) >= 11 is 1.14. The Labute approximate surface area is 139 Å². The highest BCUT2D eigenvalue weighted by molar-refractivity contribution is 8.00. The Morgan fingerprint density at radius 2 is 1.87 bits per heavy atom. The summed E-state index contributed by atoms with van der Waals surface area (Å²) in [5.41, 5.74) is 4.95. The molecule has 23 heavy (non-hydrogen) atoms. The number of aromatic nitrogens is 3. The van der Waals surface area contributed by atoms with Crippen molar-refractivity contribution in [1.29, 1.82) is 0 Å². The molecule has 3 amide bonds. The standard InChI is InChI=1S/C13H23N7O2S/c1-5-15-11-17-12(20(6-2)7-3)19-13(18-11)23-8(4)9(21)16-10(14)22/h8H,5-7H2,1-4H3,(H3,14,16,21,22)(H,15,17,18,19). The van der Waals surface area contributed by atoms with Crippen LogP contribution < -0.4 is 21.3 Å². The average molecular weight is 341 g/mol. The summed E-state index contributed by atoms with van der Waals surface area (Å²) in [7, 11) is 0. The van der Waals surface area contributed by atoms with Crippen LogP contribution in [0.15, 0.2) is 5.16 Å². The van der Waals surface area contributed by atoms with Gasteiger partial charge < -0.3 is 16.0 Å². The number of imide groups is 1. The van der Waals surface area contributed by atoms with Gasteiger partial charge in [-0.1, -0.05) is 11.8 Å². The van der Waals surface area contributed by atoms with E-state index in [4.69, 9.17) is 5.73 Å². The van der Waals surface area contributed by atoms with E-state index in [1.54, 1.807) is 6.92 Å². The number of urea groups is 1. The Kier molecular flexibility index (Phi) is 7.52. The average Bonchev–Trinajstić information content (AvgIpc) is 2.48. The van der Waals surface area contributed by atoms with Gasteiger partial charge in [0.2, 0.25) is 17.8 Å². The van der Waals surface area contributed by atoms with Gasteiger partial charge in [0, 0.05) is 19.6 Å². The molecule has 1 heterocycles. The Balaban J connectivity index is 3.00. The smallest absolute Gasteiger partial charge is 0.318 e. The highest BCUT2D eigenvalue weighted by Gasteiger charge is 2.19. The first-order valence-electron chi connectivity index (χ1n) is 7.43. The summed E-state index contributed by atoms with van der Waals surface area (Å²) in [6.07, 6.45) is 0. The van der Waals surface area contributed by atoms with E-state index < -0.39 is 17.2 Å². The zero-order chi connectivity index (χ0) is 17.4. The lowest BCUT2D eigenvalue weighted by atomic mass is 10.4. The molecular formula is C13H23N7O2S. The second-order valence-corrected chi connectivity index (χ2v) is 5.87. The maximum absolute atomic E-state index is 11.8. The maximum atomic E-state index is 11.8. The molecule has 0 aliphatic carbocycles. The van der Waals surface area contributed by atoms with Crippen LogP contribution in [-0.4, -0.2) is 51.8 Å². The van der Waals surface area contributed by atoms with Gasteiger partial charge in [0.05, 0.1) is 5.25 Å². The minimum Gasteiger partial charge on any atom is -0.354 e. The lowest BCUT2D eigenvalue weighted by Gasteiger charge is -2.19. The number of carbonyl (C=O) groups excluding carboxylic acids is 2. The van der Waals surface area contributed by atoms with Crippen LogP contribution in [0.25, 0.3) is 0 Å². The number of hydrogen-bond acceptors (Lipinski definition) is 8. The molecule has 0 spiro atoms. The largest absolute Gasteiger partial charge is 0.354 e. The molecule has 1 aromatic rings. The van der Waals surface area contributed by atoms with Crippen molar-refractivity contribution in [3.63, 3.8) is 0 Å². The van der Waals surface area contributed by atoms with Gasteiger partial charge in [-0.05, 0) is 27.7 Å². The molecule has 4 N–H and O–H groups in total. The third-order valence-corrected chi connectivity index (χ3v) is 3.84. The maximum Gasteiger partial charge on any atom is 0.318 e. The summed E-state index contributed by atoms with van der Waals surface area (Å²) < 4.78 is 0. The van der Waals surface area contributed by atoms with Crippen LogP contribution in [0.2, 0.25) is 0 Å². The van der Waals surface area contributed by atoms with Crippen LogP contribution in [0.3, 0.4) is 0 Å². The molecule has 0 aliphatic heterocycles. The highest BCUT2D eigenvalue weighted by Crippen LogP contribution is 2.22. The molecule has 1 rings (SSSR count).